The first kappa shape index (κ1) is 27.9. The van der Waals surface area contributed by atoms with Crippen molar-refractivity contribution in [3.63, 3.8) is 0 Å². The van der Waals surface area contributed by atoms with Crippen LogP contribution in [0.3, 0.4) is 0 Å². The molecule has 11 heteroatoms. The van der Waals surface area contributed by atoms with Crippen LogP contribution in [0.25, 0.3) is 0 Å². The van der Waals surface area contributed by atoms with E-state index in [1.54, 1.807) is 45.9 Å². The molecule has 0 aliphatic rings. The highest BCUT2D eigenvalue weighted by atomic mass is 35.5. The second-order valence-corrected chi connectivity index (χ2v) is 11.7. The molecular weight excluding hydrogens is 504 g/mol. The Morgan fingerprint density at radius 1 is 1.09 bits per heavy atom. The zero-order valence-electron chi connectivity index (χ0n) is 19.6. The van der Waals surface area contributed by atoms with Crippen molar-refractivity contribution >= 4 is 50.7 Å². The summed E-state index contributed by atoms with van der Waals surface area (Å²) in [6, 6.07) is 8.77. The molecule has 34 heavy (non-hydrogen) atoms. The number of rotatable bonds is 8. The van der Waals surface area contributed by atoms with E-state index in [0.29, 0.717) is 10.6 Å². The summed E-state index contributed by atoms with van der Waals surface area (Å²) in [5, 5.41) is 3.43. The van der Waals surface area contributed by atoms with Gasteiger partial charge in [0, 0.05) is 12.1 Å². The van der Waals surface area contributed by atoms with Crippen molar-refractivity contribution in [2.24, 2.45) is 0 Å². The number of carbonyl (C=O) groups is 2. The van der Waals surface area contributed by atoms with Gasteiger partial charge in [0.25, 0.3) is 0 Å². The molecule has 2 aromatic rings. The molecule has 0 bridgehead atoms. The van der Waals surface area contributed by atoms with Gasteiger partial charge in [0.15, 0.2) is 0 Å². The molecule has 0 radical (unpaired) electrons. The van der Waals surface area contributed by atoms with Crippen LogP contribution in [0.4, 0.5) is 10.1 Å². The van der Waals surface area contributed by atoms with Crippen LogP contribution in [0.2, 0.25) is 10.0 Å². The molecule has 2 amide bonds. The molecule has 0 unspecified atom stereocenters. The molecule has 0 heterocycles. The van der Waals surface area contributed by atoms with E-state index in [4.69, 9.17) is 23.2 Å². The lowest BCUT2D eigenvalue weighted by atomic mass is 10.1. The fourth-order valence-corrected chi connectivity index (χ4v) is 4.30. The molecule has 0 aromatic heterocycles. The van der Waals surface area contributed by atoms with E-state index in [1.165, 1.54) is 23.1 Å². The van der Waals surface area contributed by atoms with Gasteiger partial charge < -0.3 is 10.2 Å². The Morgan fingerprint density at radius 3 is 2.26 bits per heavy atom. The summed E-state index contributed by atoms with van der Waals surface area (Å²) in [4.78, 5) is 27.5. The van der Waals surface area contributed by atoms with E-state index < -0.39 is 45.8 Å². The number of hydrogen-bond donors (Lipinski definition) is 1. The Bertz CT molecular complexity index is 1170. The van der Waals surface area contributed by atoms with E-state index in [2.05, 4.69) is 5.32 Å². The first-order chi connectivity index (χ1) is 15.6. The van der Waals surface area contributed by atoms with E-state index in [1.807, 2.05) is 0 Å². The van der Waals surface area contributed by atoms with Gasteiger partial charge in [-0.15, -0.1) is 0 Å². The third kappa shape index (κ3) is 7.85. The van der Waals surface area contributed by atoms with Gasteiger partial charge in [-0.1, -0.05) is 35.3 Å². The number of sulfonamides is 1. The first-order valence-corrected chi connectivity index (χ1v) is 13.0. The molecule has 0 fully saturated rings. The second-order valence-electron chi connectivity index (χ2n) is 8.93. The second kappa shape index (κ2) is 10.9. The average molecular weight is 532 g/mol. The van der Waals surface area contributed by atoms with E-state index in [-0.39, 0.29) is 17.3 Å². The summed E-state index contributed by atoms with van der Waals surface area (Å²) in [7, 11) is -3.94. The molecule has 2 aromatic carbocycles. The van der Waals surface area contributed by atoms with Crippen LogP contribution in [0.1, 0.15) is 33.3 Å². The molecule has 2 rings (SSSR count). The van der Waals surface area contributed by atoms with Crippen LogP contribution in [0.15, 0.2) is 42.5 Å². The van der Waals surface area contributed by atoms with Crippen molar-refractivity contribution in [2.75, 3.05) is 17.1 Å². The molecular formula is C23H28Cl2FN3O4S. The maximum Gasteiger partial charge on any atom is 0.244 e. The number of benzene rings is 2. The summed E-state index contributed by atoms with van der Waals surface area (Å²) in [5.74, 6) is -1.72. The van der Waals surface area contributed by atoms with Gasteiger partial charge in [-0.3, -0.25) is 13.9 Å². The van der Waals surface area contributed by atoms with E-state index in [9.17, 15) is 22.4 Å². The van der Waals surface area contributed by atoms with E-state index in [0.717, 1.165) is 16.6 Å². The highest BCUT2D eigenvalue weighted by Gasteiger charge is 2.31. The minimum absolute atomic E-state index is 0.00265. The lowest BCUT2D eigenvalue weighted by Gasteiger charge is -2.33. The smallest absolute Gasteiger partial charge is 0.244 e. The minimum atomic E-state index is -3.94. The number of amides is 2. The van der Waals surface area contributed by atoms with E-state index >= 15 is 0 Å². The van der Waals surface area contributed by atoms with Gasteiger partial charge in [-0.25, -0.2) is 12.8 Å². The molecule has 186 valence electrons. The van der Waals surface area contributed by atoms with Crippen LogP contribution < -0.4 is 9.62 Å². The summed E-state index contributed by atoms with van der Waals surface area (Å²) < 4.78 is 39.5. The van der Waals surface area contributed by atoms with Gasteiger partial charge in [0.05, 0.1) is 22.0 Å². The molecule has 0 aliphatic heterocycles. The molecule has 0 saturated carbocycles. The van der Waals surface area contributed by atoms with Gasteiger partial charge in [0.1, 0.15) is 18.4 Å². The maximum atomic E-state index is 13.8. The van der Waals surface area contributed by atoms with Crippen molar-refractivity contribution in [3.05, 3.63) is 63.9 Å². The Labute approximate surface area is 209 Å². The van der Waals surface area contributed by atoms with Crippen molar-refractivity contribution in [1.29, 1.82) is 0 Å². The quantitative estimate of drug-likeness (QED) is 0.552. The lowest BCUT2D eigenvalue weighted by Crippen LogP contribution is -2.54. The van der Waals surface area contributed by atoms with Crippen LogP contribution >= 0.6 is 23.2 Å². The maximum absolute atomic E-state index is 13.8. The van der Waals surface area contributed by atoms with Gasteiger partial charge in [0.2, 0.25) is 21.8 Å². The predicted molar refractivity (Wildman–Crippen MR) is 133 cm³/mol. The van der Waals surface area contributed by atoms with Crippen molar-refractivity contribution < 1.29 is 22.4 Å². The monoisotopic (exact) mass is 531 g/mol. The summed E-state index contributed by atoms with van der Waals surface area (Å²) in [6.45, 7) is 6.30. The van der Waals surface area contributed by atoms with Gasteiger partial charge in [-0.2, -0.15) is 0 Å². The molecule has 0 aliphatic carbocycles. The number of halogens is 3. The highest BCUT2D eigenvalue weighted by molar-refractivity contribution is 7.92. The lowest BCUT2D eigenvalue weighted by molar-refractivity contribution is -0.140. The highest BCUT2D eigenvalue weighted by Crippen LogP contribution is 2.24. The van der Waals surface area contributed by atoms with Crippen LogP contribution in [0, 0.1) is 5.82 Å². The first-order valence-electron chi connectivity index (χ1n) is 10.4. The van der Waals surface area contributed by atoms with Crippen molar-refractivity contribution in [3.8, 4) is 0 Å². The Hall–Kier alpha value is -2.36. The minimum Gasteiger partial charge on any atom is -0.350 e. The molecule has 1 atom stereocenters. The molecule has 7 nitrogen and oxygen atoms in total. The van der Waals surface area contributed by atoms with Crippen LogP contribution in [-0.4, -0.2) is 49.5 Å². The largest absolute Gasteiger partial charge is 0.350 e. The topological polar surface area (TPSA) is 86.8 Å². The molecule has 1 N–H and O–H groups in total. The fraction of sp³-hybridized carbons (Fsp3) is 0.391. The number of nitrogens with one attached hydrogen (secondary N) is 1. The fourth-order valence-electron chi connectivity index (χ4n) is 3.14. The van der Waals surface area contributed by atoms with Crippen molar-refractivity contribution in [1.82, 2.24) is 10.2 Å². The Morgan fingerprint density at radius 2 is 1.74 bits per heavy atom. The third-order valence-electron chi connectivity index (χ3n) is 4.78. The Balaban J connectivity index is 2.43. The zero-order valence-corrected chi connectivity index (χ0v) is 21.9. The number of hydrogen-bond acceptors (Lipinski definition) is 4. The number of carbonyl (C=O) groups excluding carboxylic acids is 2. The predicted octanol–water partition coefficient (Wildman–Crippen LogP) is 4.23. The zero-order chi connectivity index (χ0) is 25.8. The number of nitrogens with zero attached hydrogens (tertiary/aromatic N) is 2. The summed E-state index contributed by atoms with van der Waals surface area (Å²) >= 11 is 12.1. The van der Waals surface area contributed by atoms with Gasteiger partial charge in [-0.05, 0) is 63.6 Å². The molecule has 0 spiro atoms. The van der Waals surface area contributed by atoms with Crippen molar-refractivity contribution in [2.45, 2.75) is 45.8 Å². The summed E-state index contributed by atoms with van der Waals surface area (Å²) in [5.41, 5.74) is 0.0382. The number of anilines is 1. The normalized spacial score (nSPS) is 12.7. The van der Waals surface area contributed by atoms with Gasteiger partial charge >= 0.3 is 0 Å². The van der Waals surface area contributed by atoms with Crippen LogP contribution in [0.5, 0.6) is 0 Å². The SMILES string of the molecule is C[C@@H](C(=O)NC(C)(C)C)N(Cc1ccc(Cl)c(Cl)c1)C(=O)CN(c1cccc(F)c1)S(C)(=O)=O. The Kier molecular flexibility index (Phi) is 8.96. The summed E-state index contributed by atoms with van der Waals surface area (Å²) in [6.07, 6.45) is 0.921. The van der Waals surface area contributed by atoms with Crippen LogP contribution in [-0.2, 0) is 26.2 Å². The standard InChI is InChI=1S/C23H28Cl2FN3O4S/c1-15(22(31)27-23(2,3)4)28(13-16-9-10-19(24)20(25)11-16)21(30)14-29(34(5,32)33)18-8-6-7-17(26)12-18/h6-12,15H,13-14H2,1-5H3,(H,27,31)/t15-/m0/s1. The third-order valence-corrected chi connectivity index (χ3v) is 6.66. The average Bonchev–Trinajstić information content (AvgIpc) is 2.70. The molecule has 0 saturated heterocycles.